The molecule has 0 radical (unpaired) electrons. The molecule has 0 aliphatic carbocycles. The molecule has 0 saturated carbocycles. The third-order valence-corrected chi connectivity index (χ3v) is 4.31. The van der Waals surface area contributed by atoms with E-state index in [4.69, 9.17) is 4.74 Å². The van der Waals surface area contributed by atoms with Crippen LogP contribution < -0.4 is 5.32 Å². The predicted molar refractivity (Wildman–Crippen MR) is 88.8 cm³/mol. The number of morpholine rings is 1. The van der Waals surface area contributed by atoms with Gasteiger partial charge in [0.2, 0.25) is 0 Å². The van der Waals surface area contributed by atoms with Gasteiger partial charge in [0.1, 0.15) is 0 Å². The Kier molecular flexibility index (Phi) is 6.68. The molecule has 1 aromatic rings. The van der Waals surface area contributed by atoms with Gasteiger partial charge in [-0.05, 0) is 38.4 Å². The molecule has 1 fully saturated rings. The van der Waals surface area contributed by atoms with E-state index in [2.05, 4.69) is 55.3 Å². The molecule has 2 atom stereocenters. The molecule has 1 saturated heterocycles. The van der Waals surface area contributed by atoms with Crippen LogP contribution in [0.15, 0.2) is 24.3 Å². The monoisotopic (exact) mass is 290 g/mol. The van der Waals surface area contributed by atoms with E-state index in [0.717, 1.165) is 45.6 Å². The molecule has 1 aliphatic rings. The quantitative estimate of drug-likeness (QED) is 0.835. The zero-order chi connectivity index (χ0) is 15.1. The van der Waals surface area contributed by atoms with Gasteiger partial charge in [-0.15, -0.1) is 0 Å². The van der Waals surface area contributed by atoms with E-state index in [9.17, 15) is 0 Å². The number of likely N-dealkylation sites (N-methyl/N-ethyl adjacent to an activating group) is 1. The van der Waals surface area contributed by atoms with Gasteiger partial charge in [-0.2, -0.15) is 0 Å². The van der Waals surface area contributed by atoms with Crippen LogP contribution in [0.1, 0.15) is 31.4 Å². The second-order valence-corrected chi connectivity index (χ2v) is 6.05. The SMILES string of the molecule is CCCNC(Cc1ccc(C)cc1)C1CN(CC)CCO1. The summed E-state index contributed by atoms with van der Waals surface area (Å²) in [5.74, 6) is 0. The minimum atomic E-state index is 0.298. The number of hydrogen-bond donors (Lipinski definition) is 1. The summed E-state index contributed by atoms with van der Waals surface area (Å²) < 4.78 is 6.06. The molecule has 0 bridgehead atoms. The summed E-state index contributed by atoms with van der Waals surface area (Å²) in [6, 6.07) is 9.30. The van der Waals surface area contributed by atoms with Crippen LogP contribution in [0.5, 0.6) is 0 Å². The Balaban J connectivity index is 2.00. The summed E-state index contributed by atoms with van der Waals surface area (Å²) >= 11 is 0. The maximum absolute atomic E-state index is 6.06. The fourth-order valence-electron chi connectivity index (χ4n) is 2.91. The lowest BCUT2D eigenvalue weighted by Gasteiger charge is -2.37. The Morgan fingerprint density at radius 1 is 1.29 bits per heavy atom. The first-order valence-electron chi connectivity index (χ1n) is 8.35. The highest BCUT2D eigenvalue weighted by atomic mass is 16.5. The largest absolute Gasteiger partial charge is 0.374 e. The average Bonchev–Trinajstić information content (AvgIpc) is 2.53. The maximum Gasteiger partial charge on any atom is 0.0858 e. The van der Waals surface area contributed by atoms with Crippen LogP contribution in [0.3, 0.4) is 0 Å². The van der Waals surface area contributed by atoms with Crippen molar-refractivity contribution in [2.75, 3.05) is 32.8 Å². The fraction of sp³-hybridized carbons (Fsp3) is 0.667. The van der Waals surface area contributed by atoms with Crippen molar-refractivity contribution in [1.29, 1.82) is 0 Å². The molecule has 2 unspecified atom stereocenters. The molecule has 3 heteroatoms. The lowest BCUT2D eigenvalue weighted by molar-refractivity contribution is -0.0447. The van der Waals surface area contributed by atoms with Crippen LogP contribution in [0, 0.1) is 6.92 Å². The van der Waals surface area contributed by atoms with Crippen LogP contribution in [0.4, 0.5) is 0 Å². The normalized spacial score (nSPS) is 21.4. The minimum Gasteiger partial charge on any atom is -0.374 e. The van der Waals surface area contributed by atoms with E-state index in [1.165, 1.54) is 11.1 Å². The highest BCUT2D eigenvalue weighted by Gasteiger charge is 2.27. The van der Waals surface area contributed by atoms with Gasteiger partial charge in [0, 0.05) is 19.1 Å². The number of aryl methyl sites for hydroxylation is 1. The maximum atomic E-state index is 6.06. The number of benzene rings is 1. The van der Waals surface area contributed by atoms with E-state index in [1.54, 1.807) is 0 Å². The first-order valence-corrected chi connectivity index (χ1v) is 8.35. The van der Waals surface area contributed by atoms with E-state index in [-0.39, 0.29) is 0 Å². The molecule has 1 aromatic carbocycles. The number of nitrogens with zero attached hydrogens (tertiary/aromatic N) is 1. The summed E-state index contributed by atoms with van der Waals surface area (Å²) in [5.41, 5.74) is 2.72. The van der Waals surface area contributed by atoms with Crippen LogP contribution in [-0.4, -0.2) is 49.8 Å². The summed E-state index contributed by atoms with van der Waals surface area (Å²) in [7, 11) is 0. The zero-order valence-corrected chi connectivity index (χ0v) is 13.8. The summed E-state index contributed by atoms with van der Waals surface area (Å²) in [6.45, 7) is 11.7. The molecule has 3 nitrogen and oxygen atoms in total. The highest BCUT2D eigenvalue weighted by Crippen LogP contribution is 2.14. The van der Waals surface area contributed by atoms with E-state index in [1.807, 2.05) is 0 Å². The molecule has 21 heavy (non-hydrogen) atoms. The molecule has 118 valence electrons. The topological polar surface area (TPSA) is 24.5 Å². The molecule has 0 spiro atoms. The first-order chi connectivity index (χ1) is 10.2. The Bertz CT molecular complexity index is 404. The summed E-state index contributed by atoms with van der Waals surface area (Å²) in [6.07, 6.45) is 2.50. The van der Waals surface area contributed by atoms with Crippen molar-refractivity contribution in [1.82, 2.24) is 10.2 Å². The lowest BCUT2D eigenvalue weighted by Crippen LogP contribution is -2.53. The zero-order valence-electron chi connectivity index (χ0n) is 13.8. The molecule has 0 aromatic heterocycles. The van der Waals surface area contributed by atoms with Crippen molar-refractivity contribution in [2.24, 2.45) is 0 Å². The third-order valence-electron chi connectivity index (χ3n) is 4.31. The summed E-state index contributed by atoms with van der Waals surface area (Å²) in [4.78, 5) is 2.49. The Labute approximate surface area is 129 Å². The second kappa shape index (κ2) is 8.52. The van der Waals surface area contributed by atoms with Gasteiger partial charge in [0.25, 0.3) is 0 Å². The average molecular weight is 290 g/mol. The highest BCUT2D eigenvalue weighted by molar-refractivity contribution is 5.22. The molecular weight excluding hydrogens is 260 g/mol. The lowest BCUT2D eigenvalue weighted by atomic mass is 9.99. The van der Waals surface area contributed by atoms with Crippen LogP contribution in [-0.2, 0) is 11.2 Å². The Morgan fingerprint density at radius 2 is 2.05 bits per heavy atom. The van der Waals surface area contributed by atoms with Crippen molar-refractivity contribution in [3.05, 3.63) is 35.4 Å². The molecule has 1 N–H and O–H groups in total. The fourth-order valence-corrected chi connectivity index (χ4v) is 2.91. The van der Waals surface area contributed by atoms with Gasteiger partial charge in [0.05, 0.1) is 12.7 Å². The van der Waals surface area contributed by atoms with Gasteiger partial charge in [-0.1, -0.05) is 43.7 Å². The van der Waals surface area contributed by atoms with Gasteiger partial charge >= 0.3 is 0 Å². The van der Waals surface area contributed by atoms with Gasteiger partial charge in [-0.25, -0.2) is 0 Å². The molecule has 1 heterocycles. The van der Waals surface area contributed by atoms with Gasteiger partial charge in [0.15, 0.2) is 0 Å². The van der Waals surface area contributed by atoms with Crippen LogP contribution in [0.2, 0.25) is 0 Å². The van der Waals surface area contributed by atoms with Crippen molar-refractivity contribution in [3.63, 3.8) is 0 Å². The van der Waals surface area contributed by atoms with Gasteiger partial charge < -0.3 is 10.1 Å². The third kappa shape index (κ3) is 5.10. The van der Waals surface area contributed by atoms with E-state index in [0.29, 0.717) is 12.1 Å². The van der Waals surface area contributed by atoms with Crippen molar-refractivity contribution < 1.29 is 4.74 Å². The standard InChI is InChI=1S/C18H30N2O/c1-4-10-19-17(13-16-8-6-15(3)7-9-16)18-14-20(5-2)11-12-21-18/h6-9,17-19H,4-5,10-14H2,1-3H3. The second-order valence-electron chi connectivity index (χ2n) is 6.05. The van der Waals surface area contributed by atoms with Crippen LogP contribution >= 0.6 is 0 Å². The van der Waals surface area contributed by atoms with Crippen molar-refractivity contribution in [2.45, 2.75) is 45.8 Å². The smallest absolute Gasteiger partial charge is 0.0858 e. The predicted octanol–water partition coefficient (Wildman–Crippen LogP) is 2.63. The van der Waals surface area contributed by atoms with Gasteiger partial charge in [-0.3, -0.25) is 4.90 Å². The minimum absolute atomic E-state index is 0.298. The number of nitrogens with one attached hydrogen (secondary N) is 1. The van der Waals surface area contributed by atoms with Crippen molar-refractivity contribution >= 4 is 0 Å². The molecular formula is C18H30N2O. The number of hydrogen-bond acceptors (Lipinski definition) is 3. The Hall–Kier alpha value is -0.900. The Morgan fingerprint density at radius 3 is 2.71 bits per heavy atom. The van der Waals surface area contributed by atoms with E-state index < -0.39 is 0 Å². The summed E-state index contributed by atoms with van der Waals surface area (Å²) in [5, 5.41) is 3.70. The number of rotatable bonds is 7. The van der Waals surface area contributed by atoms with Crippen molar-refractivity contribution in [3.8, 4) is 0 Å². The molecule has 1 aliphatic heterocycles. The molecule has 2 rings (SSSR count). The first kappa shape index (κ1) is 16.5. The molecule has 0 amide bonds. The van der Waals surface area contributed by atoms with Crippen LogP contribution in [0.25, 0.3) is 0 Å². The van der Waals surface area contributed by atoms with E-state index >= 15 is 0 Å². The number of ether oxygens (including phenoxy) is 1.